The van der Waals surface area contributed by atoms with Crippen LogP contribution in [0.15, 0.2) is 5.51 Å². The minimum absolute atomic E-state index is 0.0918. The Kier molecular flexibility index (Phi) is 3.75. The van der Waals surface area contributed by atoms with Crippen LogP contribution in [0.5, 0.6) is 0 Å². The van der Waals surface area contributed by atoms with Crippen LogP contribution in [-0.4, -0.2) is 34.6 Å². The maximum Gasteiger partial charge on any atom is 0.322 e. The van der Waals surface area contributed by atoms with Gasteiger partial charge in [-0.3, -0.25) is 9.59 Å². The maximum atomic E-state index is 11.5. The number of carbonyl (C=O) groups excluding carboxylic acids is 1. The zero-order valence-electron chi connectivity index (χ0n) is 8.06. The van der Waals surface area contributed by atoms with Gasteiger partial charge < -0.3 is 16.2 Å². The van der Waals surface area contributed by atoms with Crippen molar-refractivity contribution in [2.24, 2.45) is 5.73 Å². The molecule has 0 aliphatic rings. The first-order valence-corrected chi connectivity index (χ1v) is 5.07. The van der Waals surface area contributed by atoms with Crippen molar-refractivity contribution < 1.29 is 14.7 Å². The van der Waals surface area contributed by atoms with Gasteiger partial charge in [0.25, 0.3) is 5.91 Å². The molecule has 7 heteroatoms. The van der Waals surface area contributed by atoms with E-state index in [1.807, 2.05) is 0 Å². The number of nitrogens with two attached hydrogens (primary N) is 1. The van der Waals surface area contributed by atoms with Crippen molar-refractivity contribution in [1.82, 2.24) is 10.3 Å². The maximum absolute atomic E-state index is 11.5. The molecule has 1 rings (SSSR count). The molecule has 0 aliphatic carbocycles. The van der Waals surface area contributed by atoms with Gasteiger partial charge in [-0.1, -0.05) is 0 Å². The average molecular weight is 229 g/mol. The quantitative estimate of drug-likeness (QED) is 0.651. The van der Waals surface area contributed by atoms with E-state index in [2.05, 4.69) is 10.3 Å². The van der Waals surface area contributed by atoms with E-state index < -0.39 is 12.0 Å². The first kappa shape index (κ1) is 11.6. The number of carboxylic acids is 1. The lowest BCUT2D eigenvalue weighted by Crippen LogP contribution is -2.42. The van der Waals surface area contributed by atoms with Crippen LogP contribution in [-0.2, 0) is 4.79 Å². The molecule has 1 unspecified atom stereocenters. The molecular weight excluding hydrogens is 218 g/mol. The summed E-state index contributed by atoms with van der Waals surface area (Å²) in [5, 5.41) is 10.9. The Labute approximate surface area is 90.1 Å². The van der Waals surface area contributed by atoms with E-state index in [1.165, 1.54) is 11.3 Å². The Morgan fingerprint density at radius 3 is 2.87 bits per heavy atom. The summed E-state index contributed by atoms with van der Waals surface area (Å²) in [6.45, 7) is 1.62. The minimum atomic E-state index is -1.14. The lowest BCUT2D eigenvalue weighted by Gasteiger charge is -2.07. The second kappa shape index (κ2) is 4.85. The van der Waals surface area contributed by atoms with Gasteiger partial charge >= 0.3 is 5.97 Å². The van der Waals surface area contributed by atoms with E-state index in [-0.39, 0.29) is 12.5 Å². The van der Waals surface area contributed by atoms with Crippen LogP contribution in [0.4, 0.5) is 0 Å². The van der Waals surface area contributed by atoms with Crippen molar-refractivity contribution >= 4 is 23.2 Å². The van der Waals surface area contributed by atoms with Crippen LogP contribution < -0.4 is 11.1 Å². The highest BCUT2D eigenvalue weighted by atomic mass is 32.1. The van der Waals surface area contributed by atoms with Crippen molar-refractivity contribution in [2.75, 3.05) is 6.54 Å². The smallest absolute Gasteiger partial charge is 0.322 e. The zero-order valence-corrected chi connectivity index (χ0v) is 8.87. The normalized spacial score (nSPS) is 12.1. The van der Waals surface area contributed by atoms with E-state index in [0.717, 1.165) is 0 Å². The van der Waals surface area contributed by atoms with Crippen LogP contribution in [0.1, 0.15) is 15.4 Å². The fraction of sp³-hybridized carbons (Fsp3) is 0.375. The van der Waals surface area contributed by atoms with Crippen LogP contribution in [0.25, 0.3) is 0 Å². The number of nitrogens with one attached hydrogen (secondary N) is 1. The number of carboxylic acid groups (broad SMARTS) is 1. The molecule has 0 spiro atoms. The van der Waals surface area contributed by atoms with Gasteiger partial charge in [-0.05, 0) is 6.92 Å². The molecule has 0 aromatic carbocycles. The first-order valence-electron chi connectivity index (χ1n) is 4.19. The fourth-order valence-electron chi connectivity index (χ4n) is 0.890. The summed E-state index contributed by atoms with van der Waals surface area (Å²) >= 11 is 1.21. The second-order valence-corrected chi connectivity index (χ2v) is 3.78. The van der Waals surface area contributed by atoms with Gasteiger partial charge in [0.1, 0.15) is 10.9 Å². The van der Waals surface area contributed by atoms with Crippen molar-refractivity contribution in [1.29, 1.82) is 0 Å². The molecule has 6 nitrogen and oxygen atoms in total. The Bertz CT molecular complexity index is 377. The predicted molar refractivity (Wildman–Crippen MR) is 54.8 cm³/mol. The topological polar surface area (TPSA) is 105 Å². The van der Waals surface area contributed by atoms with Gasteiger partial charge in [0.05, 0.1) is 11.2 Å². The lowest BCUT2D eigenvalue weighted by atomic mass is 10.3. The summed E-state index contributed by atoms with van der Waals surface area (Å²) in [6.07, 6.45) is 0. The second-order valence-electron chi connectivity index (χ2n) is 2.92. The van der Waals surface area contributed by atoms with E-state index in [9.17, 15) is 9.59 Å². The average Bonchev–Trinajstić information content (AvgIpc) is 2.60. The van der Waals surface area contributed by atoms with Crippen LogP contribution in [0.2, 0.25) is 0 Å². The molecule has 1 amide bonds. The van der Waals surface area contributed by atoms with Gasteiger partial charge in [0, 0.05) is 6.54 Å². The molecular formula is C8H11N3O3S. The predicted octanol–water partition coefficient (Wildman–Crippen LogP) is -0.407. The number of hydrogen-bond donors (Lipinski definition) is 3. The Balaban J connectivity index is 2.51. The summed E-state index contributed by atoms with van der Waals surface area (Å²) in [7, 11) is 0. The molecule has 0 bridgehead atoms. The largest absolute Gasteiger partial charge is 0.480 e. The first-order chi connectivity index (χ1) is 7.02. The van der Waals surface area contributed by atoms with Crippen molar-refractivity contribution in [3.05, 3.63) is 16.1 Å². The number of amides is 1. The fourth-order valence-corrected chi connectivity index (χ4v) is 1.61. The third-order valence-corrected chi connectivity index (χ3v) is 2.68. The molecule has 4 N–H and O–H groups in total. The highest BCUT2D eigenvalue weighted by Gasteiger charge is 2.15. The number of aryl methyl sites for hydroxylation is 1. The standard InChI is InChI=1S/C8H11N3O3S/c1-4-6(15-3-11-4)7(12)10-2-5(9)8(13)14/h3,5H,2,9H2,1H3,(H,10,12)(H,13,14). The number of rotatable bonds is 4. The summed E-state index contributed by atoms with van der Waals surface area (Å²) < 4.78 is 0. The number of aliphatic carboxylic acids is 1. The number of carbonyl (C=O) groups is 2. The zero-order chi connectivity index (χ0) is 11.4. The van der Waals surface area contributed by atoms with Crippen molar-refractivity contribution in [3.8, 4) is 0 Å². The Morgan fingerprint density at radius 2 is 2.40 bits per heavy atom. The van der Waals surface area contributed by atoms with Gasteiger partial charge in [0.15, 0.2) is 0 Å². The molecule has 0 saturated carbocycles. The van der Waals surface area contributed by atoms with Gasteiger partial charge in [-0.15, -0.1) is 11.3 Å². The molecule has 0 fully saturated rings. The Hall–Kier alpha value is -1.47. The number of thiazole rings is 1. The minimum Gasteiger partial charge on any atom is -0.480 e. The van der Waals surface area contributed by atoms with Crippen LogP contribution in [0.3, 0.4) is 0 Å². The van der Waals surface area contributed by atoms with E-state index in [1.54, 1.807) is 12.4 Å². The highest BCUT2D eigenvalue weighted by molar-refractivity contribution is 7.11. The van der Waals surface area contributed by atoms with Crippen LogP contribution >= 0.6 is 11.3 Å². The SMILES string of the molecule is Cc1ncsc1C(=O)NCC(N)C(=O)O. The summed E-state index contributed by atoms with van der Waals surface area (Å²) in [6, 6.07) is -1.08. The molecule has 1 heterocycles. The molecule has 1 aromatic rings. The summed E-state index contributed by atoms with van der Waals surface area (Å²) in [5.74, 6) is -1.48. The molecule has 0 radical (unpaired) electrons. The van der Waals surface area contributed by atoms with Crippen LogP contribution in [0, 0.1) is 6.92 Å². The molecule has 0 saturated heterocycles. The molecule has 1 atom stereocenters. The lowest BCUT2D eigenvalue weighted by molar-refractivity contribution is -0.138. The number of hydrogen-bond acceptors (Lipinski definition) is 5. The number of nitrogens with zero attached hydrogens (tertiary/aromatic N) is 1. The van der Waals surface area contributed by atoms with Gasteiger partial charge in [-0.2, -0.15) is 0 Å². The van der Waals surface area contributed by atoms with Gasteiger partial charge in [-0.25, -0.2) is 4.98 Å². The third-order valence-electron chi connectivity index (χ3n) is 1.75. The van der Waals surface area contributed by atoms with Crippen molar-refractivity contribution in [3.63, 3.8) is 0 Å². The van der Waals surface area contributed by atoms with E-state index >= 15 is 0 Å². The van der Waals surface area contributed by atoms with E-state index in [4.69, 9.17) is 10.8 Å². The molecule has 0 aliphatic heterocycles. The molecule has 15 heavy (non-hydrogen) atoms. The highest BCUT2D eigenvalue weighted by Crippen LogP contribution is 2.11. The van der Waals surface area contributed by atoms with E-state index in [0.29, 0.717) is 10.6 Å². The number of aromatic nitrogens is 1. The summed E-state index contributed by atoms with van der Waals surface area (Å²) in [4.78, 5) is 26.2. The third kappa shape index (κ3) is 3.00. The molecule has 1 aromatic heterocycles. The van der Waals surface area contributed by atoms with Crippen molar-refractivity contribution in [2.45, 2.75) is 13.0 Å². The summed E-state index contributed by atoms with van der Waals surface area (Å²) in [5.41, 5.74) is 7.41. The van der Waals surface area contributed by atoms with Gasteiger partial charge in [0.2, 0.25) is 0 Å². The molecule has 82 valence electrons. The monoisotopic (exact) mass is 229 g/mol. The Morgan fingerprint density at radius 1 is 1.73 bits per heavy atom.